The van der Waals surface area contributed by atoms with Gasteiger partial charge < -0.3 is 15.4 Å². The Morgan fingerprint density at radius 2 is 1.76 bits per heavy atom. The first-order valence-electron chi connectivity index (χ1n) is 10.5. The van der Waals surface area contributed by atoms with E-state index in [2.05, 4.69) is 30.3 Å². The zero-order valence-corrected chi connectivity index (χ0v) is 20.7. The second-order valence-electron chi connectivity index (χ2n) is 6.76. The molecule has 4 aromatic rings. The van der Waals surface area contributed by atoms with Crippen LogP contribution >= 0.6 is 23.5 Å². The number of benzene rings is 1. The summed E-state index contributed by atoms with van der Waals surface area (Å²) in [5, 5.41) is 7.35. The second-order valence-corrected chi connectivity index (χ2v) is 8.04. The first-order valence-corrected chi connectivity index (χ1v) is 11.7. The third-order valence-corrected chi connectivity index (χ3v) is 5.82. The average molecular weight is 485 g/mol. The maximum absolute atomic E-state index is 15.4. The first kappa shape index (κ1) is 24.5. The summed E-state index contributed by atoms with van der Waals surface area (Å²) in [6, 6.07) is 10.8. The molecule has 0 unspecified atom stereocenters. The molecule has 0 aliphatic rings. The van der Waals surface area contributed by atoms with Crippen LogP contribution in [0, 0.1) is 12.7 Å². The van der Waals surface area contributed by atoms with Crippen LogP contribution in [-0.2, 0) is 0 Å². The van der Waals surface area contributed by atoms with Crippen LogP contribution in [0.2, 0.25) is 5.02 Å². The SMILES string of the molecule is CC.CNc1cc2nc(C)c(-c3cccc(NSc4cc(Cl)cnc4NC)c3F)cc2cn1. The van der Waals surface area contributed by atoms with Gasteiger partial charge in [0.05, 0.1) is 21.1 Å². The third kappa shape index (κ3) is 5.46. The Labute approximate surface area is 202 Å². The summed E-state index contributed by atoms with van der Waals surface area (Å²) in [4.78, 5) is 14.0. The predicted octanol–water partition coefficient (Wildman–Crippen LogP) is 7.02. The number of nitrogens with one attached hydrogen (secondary N) is 3. The highest BCUT2D eigenvalue weighted by molar-refractivity contribution is 8.00. The molecule has 0 fully saturated rings. The third-order valence-electron chi connectivity index (χ3n) is 4.76. The molecule has 0 aliphatic carbocycles. The molecular formula is C24H26ClFN6S. The number of pyridine rings is 3. The van der Waals surface area contributed by atoms with Gasteiger partial charge in [-0.25, -0.2) is 14.4 Å². The number of aromatic nitrogens is 3. The molecule has 3 aromatic heterocycles. The van der Waals surface area contributed by atoms with Gasteiger partial charge in [-0.15, -0.1) is 0 Å². The summed E-state index contributed by atoms with van der Waals surface area (Å²) < 4.78 is 18.5. The van der Waals surface area contributed by atoms with Crippen molar-refractivity contribution in [1.29, 1.82) is 0 Å². The van der Waals surface area contributed by atoms with Gasteiger partial charge in [0.15, 0.2) is 5.82 Å². The Balaban J connectivity index is 0.00000149. The molecule has 6 nitrogen and oxygen atoms in total. The molecule has 1 aromatic carbocycles. The Kier molecular flexibility index (Phi) is 8.30. The van der Waals surface area contributed by atoms with Gasteiger partial charge in [0.1, 0.15) is 11.6 Å². The van der Waals surface area contributed by atoms with E-state index < -0.39 is 0 Å². The highest BCUT2D eigenvalue weighted by atomic mass is 35.5. The van der Waals surface area contributed by atoms with E-state index in [4.69, 9.17) is 11.6 Å². The molecule has 0 spiro atoms. The van der Waals surface area contributed by atoms with Crippen LogP contribution in [0.4, 0.5) is 21.7 Å². The summed E-state index contributed by atoms with van der Waals surface area (Å²) in [5.74, 6) is 1.03. The minimum Gasteiger partial charge on any atom is -0.373 e. The van der Waals surface area contributed by atoms with Gasteiger partial charge in [0, 0.05) is 54.8 Å². The lowest BCUT2D eigenvalue weighted by Crippen LogP contribution is -1.99. The Hall–Kier alpha value is -3.10. The van der Waals surface area contributed by atoms with E-state index in [1.165, 1.54) is 11.9 Å². The minimum atomic E-state index is -0.361. The zero-order valence-electron chi connectivity index (χ0n) is 19.1. The lowest BCUT2D eigenvalue weighted by atomic mass is 10.0. The van der Waals surface area contributed by atoms with Crippen molar-refractivity contribution in [3.8, 4) is 11.1 Å². The molecule has 0 bridgehead atoms. The van der Waals surface area contributed by atoms with Crippen molar-refractivity contribution in [2.45, 2.75) is 25.7 Å². The lowest BCUT2D eigenvalue weighted by molar-refractivity contribution is 0.636. The van der Waals surface area contributed by atoms with Gasteiger partial charge in [-0.1, -0.05) is 37.6 Å². The van der Waals surface area contributed by atoms with Crippen LogP contribution in [0.3, 0.4) is 0 Å². The summed E-state index contributed by atoms with van der Waals surface area (Å²) in [7, 11) is 3.58. The van der Waals surface area contributed by atoms with E-state index in [0.717, 1.165) is 32.9 Å². The fourth-order valence-electron chi connectivity index (χ4n) is 3.19. The van der Waals surface area contributed by atoms with Gasteiger partial charge in [0.2, 0.25) is 0 Å². The minimum absolute atomic E-state index is 0.354. The van der Waals surface area contributed by atoms with Gasteiger partial charge in [-0.05, 0) is 37.1 Å². The Bertz CT molecular complexity index is 1270. The fraction of sp³-hybridized carbons (Fsp3) is 0.208. The predicted molar refractivity (Wildman–Crippen MR) is 139 cm³/mol. The van der Waals surface area contributed by atoms with E-state index in [0.29, 0.717) is 22.1 Å². The van der Waals surface area contributed by atoms with Crippen LogP contribution in [0.15, 0.2) is 53.7 Å². The van der Waals surface area contributed by atoms with Crippen molar-refractivity contribution in [1.82, 2.24) is 15.0 Å². The molecular weight excluding hydrogens is 459 g/mol. The van der Waals surface area contributed by atoms with Crippen molar-refractivity contribution < 1.29 is 4.39 Å². The number of hydrogen-bond donors (Lipinski definition) is 3. The van der Waals surface area contributed by atoms with Gasteiger partial charge in [0.25, 0.3) is 0 Å². The van der Waals surface area contributed by atoms with E-state index >= 15 is 4.39 Å². The molecule has 0 saturated heterocycles. The largest absolute Gasteiger partial charge is 0.373 e. The summed E-state index contributed by atoms with van der Waals surface area (Å²) in [6.45, 7) is 5.87. The average Bonchev–Trinajstić information content (AvgIpc) is 2.84. The molecule has 0 atom stereocenters. The van der Waals surface area contributed by atoms with Gasteiger partial charge in [-0.2, -0.15) is 0 Å². The standard InChI is InChI=1S/C22H20ClFN6S.C2H6/c1-12-16(7-13-10-27-20(25-2)9-18(13)29-12)15-5-4-6-17(21(15)24)30-31-19-8-14(23)11-28-22(19)26-3;1-2/h4-11,30H,1-3H3,(H,25,27)(H,26,28);1-2H3. The lowest BCUT2D eigenvalue weighted by Gasteiger charge is -2.14. The van der Waals surface area contributed by atoms with Crippen LogP contribution in [0.25, 0.3) is 22.0 Å². The van der Waals surface area contributed by atoms with Crippen molar-refractivity contribution in [3.05, 3.63) is 65.3 Å². The van der Waals surface area contributed by atoms with E-state index in [1.54, 1.807) is 44.7 Å². The van der Waals surface area contributed by atoms with Crippen LogP contribution in [0.1, 0.15) is 19.5 Å². The Morgan fingerprint density at radius 3 is 2.48 bits per heavy atom. The Morgan fingerprint density at radius 1 is 0.970 bits per heavy atom. The van der Waals surface area contributed by atoms with Crippen LogP contribution in [-0.4, -0.2) is 29.0 Å². The number of halogens is 2. The second kappa shape index (κ2) is 11.2. The summed E-state index contributed by atoms with van der Waals surface area (Å²) in [5.41, 5.74) is 3.08. The summed E-state index contributed by atoms with van der Waals surface area (Å²) in [6.07, 6.45) is 3.29. The number of fused-ring (bicyclic) bond motifs is 1. The molecule has 0 amide bonds. The number of nitrogens with zero attached hydrogens (tertiary/aromatic N) is 3. The number of rotatable bonds is 6. The number of anilines is 3. The zero-order chi connectivity index (χ0) is 24.0. The van der Waals surface area contributed by atoms with Crippen molar-refractivity contribution in [2.75, 3.05) is 29.5 Å². The van der Waals surface area contributed by atoms with Crippen molar-refractivity contribution in [3.63, 3.8) is 0 Å². The van der Waals surface area contributed by atoms with Gasteiger partial charge in [-0.3, -0.25) is 4.98 Å². The first-order chi connectivity index (χ1) is 16.0. The quantitative estimate of drug-likeness (QED) is 0.254. The molecule has 33 heavy (non-hydrogen) atoms. The van der Waals surface area contributed by atoms with E-state index in [1.807, 2.05) is 39.0 Å². The topological polar surface area (TPSA) is 74.8 Å². The molecule has 172 valence electrons. The summed E-state index contributed by atoms with van der Waals surface area (Å²) >= 11 is 7.29. The fourth-order valence-corrected chi connectivity index (χ4v) is 4.23. The monoisotopic (exact) mass is 484 g/mol. The smallest absolute Gasteiger partial charge is 0.155 e. The molecule has 4 rings (SSSR count). The molecule has 0 saturated carbocycles. The van der Waals surface area contributed by atoms with E-state index in [-0.39, 0.29) is 5.82 Å². The number of aryl methyl sites for hydroxylation is 1. The van der Waals surface area contributed by atoms with Crippen molar-refractivity contribution in [2.24, 2.45) is 0 Å². The molecule has 9 heteroatoms. The molecule has 3 N–H and O–H groups in total. The molecule has 0 radical (unpaired) electrons. The van der Waals surface area contributed by atoms with Gasteiger partial charge >= 0.3 is 0 Å². The highest BCUT2D eigenvalue weighted by Crippen LogP contribution is 2.35. The van der Waals surface area contributed by atoms with E-state index in [9.17, 15) is 0 Å². The number of hydrogen-bond acceptors (Lipinski definition) is 7. The molecule has 0 aliphatic heterocycles. The molecule has 3 heterocycles. The normalized spacial score (nSPS) is 10.4. The maximum atomic E-state index is 15.4. The van der Waals surface area contributed by atoms with Crippen LogP contribution in [0.5, 0.6) is 0 Å². The van der Waals surface area contributed by atoms with Crippen molar-refractivity contribution >= 4 is 51.8 Å². The van der Waals surface area contributed by atoms with Crippen LogP contribution < -0.4 is 15.4 Å². The maximum Gasteiger partial charge on any atom is 0.155 e. The highest BCUT2D eigenvalue weighted by Gasteiger charge is 2.15.